The van der Waals surface area contributed by atoms with Crippen molar-refractivity contribution < 1.29 is 0 Å². The van der Waals surface area contributed by atoms with E-state index >= 15 is 0 Å². The van der Waals surface area contributed by atoms with Gasteiger partial charge in [-0.05, 0) is 64.3 Å². The molecule has 1 N–H and O–H groups in total. The zero-order valence-corrected chi connectivity index (χ0v) is 14.5. The third kappa shape index (κ3) is 5.04. The Kier molecular flexibility index (Phi) is 5.18. The van der Waals surface area contributed by atoms with Crippen LogP contribution in [-0.4, -0.2) is 37.1 Å². The fourth-order valence-corrected chi connectivity index (χ4v) is 3.84. The van der Waals surface area contributed by atoms with Crippen molar-refractivity contribution in [3.05, 3.63) is 0 Å². The molecule has 2 aliphatic rings. The summed E-state index contributed by atoms with van der Waals surface area (Å²) in [6.45, 7) is 13.1. The molecule has 0 saturated heterocycles. The zero-order chi connectivity index (χ0) is 14.8. The van der Waals surface area contributed by atoms with Crippen molar-refractivity contribution in [2.75, 3.05) is 26.7 Å². The van der Waals surface area contributed by atoms with E-state index in [1.165, 1.54) is 58.2 Å². The lowest BCUT2D eigenvalue weighted by atomic mass is 9.73. The van der Waals surface area contributed by atoms with Crippen molar-refractivity contribution in [1.82, 2.24) is 10.2 Å². The van der Waals surface area contributed by atoms with Crippen molar-refractivity contribution in [2.24, 2.45) is 17.3 Å². The van der Waals surface area contributed by atoms with E-state index in [2.05, 4.69) is 45.0 Å². The number of rotatable bonds is 6. The van der Waals surface area contributed by atoms with Gasteiger partial charge in [0.1, 0.15) is 0 Å². The van der Waals surface area contributed by atoms with Gasteiger partial charge in [0.05, 0.1) is 0 Å². The highest BCUT2D eigenvalue weighted by molar-refractivity contribution is 4.91. The van der Waals surface area contributed by atoms with Crippen molar-refractivity contribution in [2.45, 2.75) is 71.8 Å². The van der Waals surface area contributed by atoms with Crippen molar-refractivity contribution in [1.29, 1.82) is 0 Å². The van der Waals surface area contributed by atoms with E-state index in [1.807, 2.05) is 0 Å². The van der Waals surface area contributed by atoms with E-state index in [1.54, 1.807) is 0 Å². The molecule has 2 nitrogen and oxygen atoms in total. The molecule has 20 heavy (non-hydrogen) atoms. The minimum absolute atomic E-state index is 0.244. The highest BCUT2D eigenvalue weighted by Gasteiger charge is 2.37. The second kappa shape index (κ2) is 6.36. The van der Waals surface area contributed by atoms with Crippen molar-refractivity contribution in [3.8, 4) is 0 Å². The van der Waals surface area contributed by atoms with Gasteiger partial charge in [-0.3, -0.25) is 0 Å². The lowest BCUT2D eigenvalue weighted by molar-refractivity contribution is 0.106. The molecule has 0 heterocycles. The molecule has 0 bridgehead atoms. The standard InChI is InChI=1S/C18H36N2/c1-15-11-16(15)12-20(5)14-18(9-7-6-8-10-18)13-19-17(2,3)4/h15-16,19H,6-14H2,1-5H3. The van der Waals surface area contributed by atoms with Gasteiger partial charge in [0.2, 0.25) is 0 Å². The topological polar surface area (TPSA) is 15.3 Å². The van der Waals surface area contributed by atoms with Crippen LogP contribution in [-0.2, 0) is 0 Å². The van der Waals surface area contributed by atoms with Gasteiger partial charge in [-0.1, -0.05) is 26.2 Å². The van der Waals surface area contributed by atoms with E-state index in [-0.39, 0.29) is 5.54 Å². The molecule has 0 radical (unpaired) electrons. The predicted octanol–water partition coefficient (Wildman–Crippen LogP) is 3.91. The molecule has 2 unspecified atom stereocenters. The number of hydrogen-bond acceptors (Lipinski definition) is 2. The van der Waals surface area contributed by atoms with Crippen LogP contribution in [0.25, 0.3) is 0 Å². The van der Waals surface area contributed by atoms with Crippen LogP contribution >= 0.6 is 0 Å². The Morgan fingerprint density at radius 3 is 2.25 bits per heavy atom. The van der Waals surface area contributed by atoms with Crippen LogP contribution in [0.5, 0.6) is 0 Å². The van der Waals surface area contributed by atoms with Crippen molar-refractivity contribution in [3.63, 3.8) is 0 Å². The van der Waals surface area contributed by atoms with Crippen molar-refractivity contribution >= 4 is 0 Å². The fraction of sp³-hybridized carbons (Fsp3) is 1.00. The summed E-state index contributed by atoms with van der Waals surface area (Å²) >= 11 is 0. The van der Waals surface area contributed by atoms with Crippen LogP contribution in [0, 0.1) is 17.3 Å². The van der Waals surface area contributed by atoms with Crippen LogP contribution < -0.4 is 5.32 Å². The quantitative estimate of drug-likeness (QED) is 0.793. The summed E-state index contributed by atoms with van der Waals surface area (Å²) < 4.78 is 0. The Morgan fingerprint density at radius 2 is 1.75 bits per heavy atom. The molecule has 0 aromatic heterocycles. The molecule has 0 aromatic rings. The van der Waals surface area contributed by atoms with Gasteiger partial charge in [0.25, 0.3) is 0 Å². The summed E-state index contributed by atoms with van der Waals surface area (Å²) in [5, 5.41) is 3.79. The first-order valence-electron chi connectivity index (χ1n) is 8.73. The predicted molar refractivity (Wildman–Crippen MR) is 88.0 cm³/mol. The molecule has 2 rings (SSSR count). The highest BCUT2D eigenvalue weighted by Crippen LogP contribution is 2.40. The molecule has 2 heteroatoms. The molecule has 0 aromatic carbocycles. The molecule has 2 atom stereocenters. The Labute approximate surface area is 126 Å². The normalized spacial score (nSPS) is 29.7. The minimum atomic E-state index is 0.244. The van der Waals surface area contributed by atoms with Crippen LogP contribution in [0.1, 0.15) is 66.2 Å². The maximum Gasteiger partial charge on any atom is 0.00967 e. The third-order valence-electron chi connectivity index (χ3n) is 5.34. The number of nitrogens with zero attached hydrogens (tertiary/aromatic N) is 1. The molecular weight excluding hydrogens is 244 g/mol. The second-order valence-corrected chi connectivity index (χ2v) is 8.83. The summed E-state index contributed by atoms with van der Waals surface area (Å²) in [4.78, 5) is 2.63. The van der Waals surface area contributed by atoms with E-state index < -0.39 is 0 Å². The van der Waals surface area contributed by atoms with E-state index in [4.69, 9.17) is 0 Å². The average Bonchev–Trinajstić information content (AvgIpc) is 3.02. The third-order valence-corrected chi connectivity index (χ3v) is 5.34. The van der Waals surface area contributed by atoms with Gasteiger partial charge in [0.15, 0.2) is 0 Å². The number of hydrogen-bond donors (Lipinski definition) is 1. The van der Waals surface area contributed by atoms with Gasteiger partial charge in [-0.2, -0.15) is 0 Å². The molecule has 2 saturated carbocycles. The summed E-state index contributed by atoms with van der Waals surface area (Å²) in [6.07, 6.45) is 8.60. The smallest absolute Gasteiger partial charge is 0.00967 e. The maximum atomic E-state index is 3.79. The molecule has 0 amide bonds. The lowest BCUT2D eigenvalue weighted by Gasteiger charge is -2.42. The van der Waals surface area contributed by atoms with E-state index in [9.17, 15) is 0 Å². The summed E-state index contributed by atoms with van der Waals surface area (Å²) in [5.74, 6) is 1.96. The summed E-state index contributed by atoms with van der Waals surface area (Å²) in [5.41, 5.74) is 0.770. The molecule has 0 spiro atoms. The minimum Gasteiger partial charge on any atom is -0.311 e. The number of nitrogens with one attached hydrogen (secondary N) is 1. The summed E-state index contributed by atoms with van der Waals surface area (Å²) in [7, 11) is 2.35. The van der Waals surface area contributed by atoms with Crippen LogP contribution in [0.2, 0.25) is 0 Å². The summed E-state index contributed by atoms with van der Waals surface area (Å²) in [6, 6.07) is 0. The molecule has 118 valence electrons. The zero-order valence-electron chi connectivity index (χ0n) is 14.5. The van der Waals surface area contributed by atoms with Crippen LogP contribution in [0.15, 0.2) is 0 Å². The van der Waals surface area contributed by atoms with Gasteiger partial charge < -0.3 is 10.2 Å². The van der Waals surface area contributed by atoms with Crippen LogP contribution in [0.4, 0.5) is 0 Å². The fourth-order valence-electron chi connectivity index (χ4n) is 3.84. The SMILES string of the molecule is CC1CC1CN(C)CC1(CNC(C)(C)C)CCCCC1. The molecular formula is C18H36N2. The molecule has 2 aliphatic carbocycles. The maximum absolute atomic E-state index is 3.79. The Hall–Kier alpha value is -0.0800. The lowest BCUT2D eigenvalue weighted by Crippen LogP contribution is -2.49. The highest BCUT2D eigenvalue weighted by atomic mass is 15.1. The van der Waals surface area contributed by atoms with E-state index in [0.29, 0.717) is 5.41 Å². The first kappa shape index (κ1) is 16.3. The van der Waals surface area contributed by atoms with Gasteiger partial charge >= 0.3 is 0 Å². The first-order valence-corrected chi connectivity index (χ1v) is 8.73. The monoisotopic (exact) mass is 280 g/mol. The largest absolute Gasteiger partial charge is 0.311 e. The second-order valence-electron chi connectivity index (χ2n) is 8.83. The van der Waals surface area contributed by atoms with Gasteiger partial charge in [-0.15, -0.1) is 0 Å². The van der Waals surface area contributed by atoms with E-state index in [0.717, 1.165) is 11.8 Å². The Bertz CT molecular complexity index is 299. The first-order chi connectivity index (χ1) is 9.30. The Morgan fingerprint density at radius 1 is 1.15 bits per heavy atom. The molecule has 2 fully saturated rings. The Balaban J connectivity index is 1.88. The van der Waals surface area contributed by atoms with Crippen LogP contribution in [0.3, 0.4) is 0 Å². The van der Waals surface area contributed by atoms with Gasteiger partial charge in [-0.25, -0.2) is 0 Å². The van der Waals surface area contributed by atoms with Gasteiger partial charge in [0, 0.05) is 25.2 Å². The average molecular weight is 281 g/mol. The molecule has 0 aliphatic heterocycles.